The van der Waals surface area contributed by atoms with Crippen molar-refractivity contribution in [3.63, 3.8) is 0 Å². The fourth-order valence-electron chi connectivity index (χ4n) is 3.23. The molecule has 1 aromatic heterocycles. The van der Waals surface area contributed by atoms with Gasteiger partial charge in [-0.3, -0.25) is 0 Å². The predicted octanol–water partition coefficient (Wildman–Crippen LogP) is 3.55. The second-order valence-corrected chi connectivity index (χ2v) is 6.62. The molecule has 1 atom stereocenters. The van der Waals surface area contributed by atoms with Crippen LogP contribution in [0.1, 0.15) is 42.5 Å². The lowest BCUT2D eigenvalue weighted by atomic mass is 10.0. The maximum absolute atomic E-state index is 12.1. The van der Waals surface area contributed by atoms with Gasteiger partial charge in [0.05, 0.1) is 6.04 Å². The first-order valence-electron chi connectivity index (χ1n) is 8.93. The van der Waals surface area contributed by atoms with Crippen molar-refractivity contribution in [2.45, 2.75) is 39.3 Å². The molecular formula is C20H26N4O. The van der Waals surface area contributed by atoms with Gasteiger partial charge in [0.15, 0.2) is 0 Å². The van der Waals surface area contributed by atoms with Crippen molar-refractivity contribution in [2.75, 3.05) is 18.0 Å². The number of urea groups is 1. The number of hydrogen-bond acceptors (Lipinski definition) is 3. The van der Waals surface area contributed by atoms with Gasteiger partial charge in [0, 0.05) is 25.8 Å². The standard InChI is InChI=1S/C20H26N4O/c1-15-7-3-4-8-18(15)16(2)23-20(25)22-14-17-9-10-19(21-13-17)24-11-5-6-12-24/h3-4,7-10,13,16H,5-6,11-12,14H2,1-2H3,(H2,22,23,25). The number of nitrogens with zero attached hydrogens (tertiary/aromatic N) is 2. The van der Waals surface area contributed by atoms with Crippen molar-refractivity contribution in [1.29, 1.82) is 0 Å². The van der Waals surface area contributed by atoms with Gasteiger partial charge in [-0.15, -0.1) is 0 Å². The van der Waals surface area contributed by atoms with Crippen LogP contribution in [0, 0.1) is 6.92 Å². The minimum atomic E-state index is -0.167. The molecule has 1 fully saturated rings. The van der Waals surface area contributed by atoms with E-state index in [1.165, 1.54) is 18.4 Å². The smallest absolute Gasteiger partial charge is 0.315 e. The molecular weight excluding hydrogens is 312 g/mol. The Balaban J connectivity index is 1.49. The molecule has 1 aliphatic heterocycles. The molecule has 1 saturated heterocycles. The summed E-state index contributed by atoms with van der Waals surface area (Å²) in [6.07, 6.45) is 4.33. The van der Waals surface area contributed by atoms with Crippen LogP contribution >= 0.6 is 0 Å². The third kappa shape index (κ3) is 4.50. The van der Waals surface area contributed by atoms with Crippen LogP contribution in [0.2, 0.25) is 0 Å². The number of anilines is 1. The van der Waals surface area contributed by atoms with Crippen LogP contribution in [-0.4, -0.2) is 24.1 Å². The minimum Gasteiger partial charge on any atom is -0.357 e. The van der Waals surface area contributed by atoms with E-state index in [1.54, 1.807) is 0 Å². The van der Waals surface area contributed by atoms with E-state index in [0.717, 1.165) is 30.0 Å². The van der Waals surface area contributed by atoms with E-state index in [2.05, 4.69) is 33.5 Å². The van der Waals surface area contributed by atoms with Gasteiger partial charge in [-0.1, -0.05) is 30.3 Å². The van der Waals surface area contributed by atoms with Crippen LogP contribution in [0.15, 0.2) is 42.6 Å². The number of pyridine rings is 1. The van der Waals surface area contributed by atoms with Crippen LogP contribution in [-0.2, 0) is 6.54 Å². The van der Waals surface area contributed by atoms with E-state index >= 15 is 0 Å². The van der Waals surface area contributed by atoms with E-state index in [0.29, 0.717) is 6.54 Å². The van der Waals surface area contributed by atoms with Crippen molar-refractivity contribution in [1.82, 2.24) is 15.6 Å². The number of carbonyl (C=O) groups is 1. The molecule has 2 aromatic rings. The summed E-state index contributed by atoms with van der Waals surface area (Å²) in [7, 11) is 0. The number of rotatable bonds is 5. The summed E-state index contributed by atoms with van der Waals surface area (Å²) in [5.74, 6) is 1.03. The molecule has 2 heterocycles. The minimum absolute atomic E-state index is 0.0307. The van der Waals surface area contributed by atoms with Gasteiger partial charge >= 0.3 is 6.03 Å². The van der Waals surface area contributed by atoms with Gasteiger partial charge in [0.2, 0.25) is 0 Å². The number of benzene rings is 1. The lowest BCUT2D eigenvalue weighted by Gasteiger charge is -2.18. The molecule has 0 bridgehead atoms. The average Bonchev–Trinajstić information content (AvgIpc) is 3.15. The summed E-state index contributed by atoms with van der Waals surface area (Å²) in [6, 6.07) is 12.0. The first-order chi connectivity index (χ1) is 12.1. The molecule has 1 aliphatic rings. The Bertz CT molecular complexity index is 708. The molecule has 5 nitrogen and oxygen atoms in total. The highest BCUT2D eigenvalue weighted by Gasteiger charge is 2.13. The number of hydrogen-bond donors (Lipinski definition) is 2. The highest BCUT2D eigenvalue weighted by Crippen LogP contribution is 2.18. The lowest BCUT2D eigenvalue weighted by molar-refractivity contribution is 0.237. The largest absolute Gasteiger partial charge is 0.357 e. The van der Waals surface area contributed by atoms with Crippen molar-refractivity contribution in [3.05, 3.63) is 59.3 Å². The Morgan fingerprint density at radius 1 is 1.20 bits per heavy atom. The van der Waals surface area contributed by atoms with Gasteiger partial charge < -0.3 is 15.5 Å². The summed E-state index contributed by atoms with van der Waals surface area (Å²) >= 11 is 0. The molecule has 0 saturated carbocycles. The number of aromatic nitrogens is 1. The first kappa shape index (κ1) is 17.3. The van der Waals surface area contributed by atoms with Crippen molar-refractivity contribution in [2.24, 2.45) is 0 Å². The summed E-state index contributed by atoms with van der Waals surface area (Å²) in [6.45, 7) is 6.69. The molecule has 1 unspecified atom stereocenters. The summed E-state index contributed by atoms with van der Waals surface area (Å²) < 4.78 is 0. The maximum atomic E-state index is 12.1. The second-order valence-electron chi connectivity index (χ2n) is 6.62. The molecule has 1 aromatic carbocycles. The highest BCUT2D eigenvalue weighted by molar-refractivity contribution is 5.74. The van der Waals surface area contributed by atoms with Crippen LogP contribution in [0.25, 0.3) is 0 Å². The Morgan fingerprint density at radius 2 is 1.96 bits per heavy atom. The van der Waals surface area contributed by atoms with E-state index < -0.39 is 0 Å². The molecule has 132 valence electrons. The zero-order valence-electron chi connectivity index (χ0n) is 15.0. The zero-order valence-corrected chi connectivity index (χ0v) is 15.0. The second kappa shape index (κ2) is 8.01. The van der Waals surface area contributed by atoms with Crippen molar-refractivity contribution < 1.29 is 4.79 Å². The highest BCUT2D eigenvalue weighted by atomic mass is 16.2. The average molecular weight is 338 g/mol. The van der Waals surface area contributed by atoms with E-state index in [4.69, 9.17) is 0 Å². The van der Waals surface area contributed by atoms with Crippen LogP contribution in [0.5, 0.6) is 0 Å². The Labute approximate surface area is 149 Å². The molecule has 5 heteroatoms. The SMILES string of the molecule is Cc1ccccc1C(C)NC(=O)NCc1ccc(N2CCCC2)nc1. The number of amides is 2. The summed E-state index contributed by atoms with van der Waals surface area (Å²) in [5.41, 5.74) is 3.31. The molecule has 3 rings (SSSR count). The summed E-state index contributed by atoms with van der Waals surface area (Å²) in [5, 5.41) is 5.89. The summed E-state index contributed by atoms with van der Waals surface area (Å²) in [4.78, 5) is 18.9. The van der Waals surface area contributed by atoms with E-state index in [-0.39, 0.29) is 12.1 Å². The molecule has 2 N–H and O–H groups in total. The van der Waals surface area contributed by atoms with Gasteiger partial charge in [-0.25, -0.2) is 9.78 Å². The van der Waals surface area contributed by atoms with E-state index in [1.807, 2.05) is 43.5 Å². The third-order valence-corrected chi connectivity index (χ3v) is 4.69. The normalized spacial score (nSPS) is 15.0. The predicted molar refractivity (Wildman–Crippen MR) is 101 cm³/mol. The lowest BCUT2D eigenvalue weighted by Crippen LogP contribution is -2.36. The molecule has 0 radical (unpaired) electrons. The van der Waals surface area contributed by atoms with Crippen LogP contribution < -0.4 is 15.5 Å². The van der Waals surface area contributed by atoms with Crippen molar-refractivity contribution in [3.8, 4) is 0 Å². The third-order valence-electron chi connectivity index (χ3n) is 4.69. The fraction of sp³-hybridized carbons (Fsp3) is 0.400. The molecule has 0 aliphatic carbocycles. The Kier molecular flexibility index (Phi) is 5.53. The van der Waals surface area contributed by atoms with E-state index in [9.17, 15) is 4.79 Å². The van der Waals surface area contributed by atoms with Gasteiger partial charge in [-0.05, 0) is 49.4 Å². The number of nitrogens with one attached hydrogen (secondary N) is 2. The Hall–Kier alpha value is -2.56. The molecule has 0 spiro atoms. The molecule has 25 heavy (non-hydrogen) atoms. The fourth-order valence-corrected chi connectivity index (χ4v) is 3.23. The quantitative estimate of drug-likeness (QED) is 0.876. The van der Waals surface area contributed by atoms with Crippen molar-refractivity contribution >= 4 is 11.8 Å². The monoisotopic (exact) mass is 338 g/mol. The van der Waals surface area contributed by atoms with Gasteiger partial charge in [0.25, 0.3) is 0 Å². The molecule has 2 amide bonds. The van der Waals surface area contributed by atoms with Gasteiger partial charge in [-0.2, -0.15) is 0 Å². The Morgan fingerprint density at radius 3 is 2.64 bits per heavy atom. The van der Waals surface area contributed by atoms with Crippen LogP contribution in [0.4, 0.5) is 10.6 Å². The maximum Gasteiger partial charge on any atom is 0.315 e. The number of carbonyl (C=O) groups excluding carboxylic acids is 1. The van der Waals surface area contributed by atoms with Gasteiger partial charge in [0.1, 0.15) is 5.82 Å². The zero-order chi connectivity index (χ0) is 17.6. The topological polar surface area (TPSA) is 57.3 Å². The number of aryl methyl sites for hydroxylation is 1. The first-order valence-corrected chi connectivity index (χ1v) is 8.93. The van der Waals surface area contributed by atoms with Crippen LogP contribution in [0.3, 0.4) is 0 Å².